The van der Waals surface area contributed by atoms with E-state index in [2.05, 4.69) is 20.2 Å². The molecule has 0 aliphatic rings. The van der Waals surface area contributed by atoms with Gasteiger partial charge in [-0.3, -0.25) is 0 Å². The van der Waals surface area contributed by atoms with Crippen LogP contribution in [0.25, 0.3) is 34.1 Å². The minimum absolute atomic E-state index is 0.241. The number of benzene rings is 2. The zero-order chi connectivity index (χ0) is 14.2. The van der Waals surface area contributed by atoms with E-state index in [9.17, 15) is 4.39 Å². The van der Waals surface area contributed by atoms with Crippen LogP contribution in [-0.4, -0.2) is 20.2 Å². The van der Waals surface area contributed by atoms with Crippen LogP contribution >= 0.6 is 0 Å². The first-order valence-corrected chi connectivity index (χ1v) is 6.55. The summed E-state index contributed by atoms with van der Waals surface area (Å²) < 4.78 is 12.8. The van der Waals surface area contributed by atoms with E-state index >= 15 is 0 Å². The number of aromatic nitrogens is 4. The van der Waals surface area contributed by atoms with Crippen molar-refractivity contribution in [2.75, 3.05) is 0 Å². The normalized spacial score (nSPS) is 11.9. The van der Waals surface area contributed by atoms with Crippen LogP contribution < -0.4 is 0 Å². The largest absolute Gasteiger partial charge is 0.307 e. The molecule has 102 valence electrons. The maximum atomic E-state index is 12.8. The van der Waals surface area contributed by atoms with Gasteiger partial charge in [0.1, 0.15) is 5.82 Å². The number of imidazole rings is 1. The molecule has 0 fully saturated rings. The molecule has 0 aliphatic carbocycles. The van der Waals surface area contributed by atoms with Crippen molar-refractivity contribution in [1.29, 1.82) is 0 Å². The second kappa shape index (κ2) is 4.56. The molecule has 0 radical (unpaired) electrons. The Hall–Kier alpha value is -2.95. The number of nitrogens with zero attached hydrogens (tertiary/aromatic N) is 2. The number of halogens is 1. The summed E-state index contributed by atoms with van der Waals surface area (Å²) in [6.45, 7) is 0. The van der Waals surface area contributed by atoms with Crippen molar-refractivity contribution in [1.82, 2.24) is 20.2 Å². The van der Waals surface area contributed by atoms with Gasteiger partial charge in [-0.25, -0.2) is 14.4 Å². The van der Waals surface area contributed by atoms with Gasteiger partial charge in [0.2, 0.25) is 0 Å². The zero-order valence-corrected chi connectivity index (χ0v) is 11.0. The van der Waals surface area contributed by atoms with Crippen LogP contribution in [0, 0.1) is 5.82 Å². The second-order valence-corrected chi connectivity index (χ2v) is 4.81. The minimum Gasteiger partial charge on any atom is -0.307 e. The van der Waals surface area contributed by atoms with Crippen molar-refractivity contribution in [2.45, 2.75) is 0 Å². The van der Waals surface area contributed by atoms with E-state index in [-0.39, 0.29) is 5.82 Å². The van der Waals surface area contributed by atoms with E-state index in [4.69, 9.17) is 0 Å². The lowest BCUT2D eigenvalue weighted by Gasteiger charge is -1.91. The highest BCUT2D eigenvalue weighted by molar-refractivity contribution is 5.93. The first-order valence-electron chi connectivity index (χ1n) is 6.55. The summed E-state index contributed by atoms with van der Waals surface area (Å²) in [5.41, 5.74) is 3.61. The maximum absolute atomic E-state index is 12.8. The smallest absolute Gasteiger partial charge is 0.153 e. The molecule has 4 nitrogen and oxygen atoms in total. The van der Waals surface area contributed by atoms with Gasteiger partial charge in [-0.05, 0) is 35.9 Å². The fourth-order valence-corrected chi connectivity index (χ4v) is 2.28. The van der Waals surface area contributed by atoms with Crippen LogP contribution in [0.2, 0.25) is 0 Å². The number of hydrogen-bond acceptors (Lipinski definition) is 2. The van der Waals surface area contributed by atoms with Crippen molar-refractivity contribution in [3.05, 3.63) is 59.8 Å². The molecule has 0 saturated carbocycles. The van der Waals surface area contributed by atoms with Crippen molar-refractivity contribution < 1.29 is 4.39 Å². The van der Waals surface area contributed by atoms with Gasteiger partial charge >= 0.3 is 0 Å². The fraction of sp³-hybridized carbons (Fsp3) is 0. The summed E-state index contributed by atoms with van der Waals surface area (Å²) in [7, 11) is 0. The third-order valence-electron chi connectivity index (χ3n) is 3.35. The van der Waals surface area contributed by atoms with Crippen LogP contribution in [0.5, 0.6) is 0 Å². The van der Waals surface area contributed by atoms with E-state index in [1.165, 1.54) is 12.1 Å². The van der Waals surface area contributed by atoms with Gasteiger partial charge in [-0.15, -0.1) is 0 Å². The molecule has 0 atom stereocenters. The molecular weight excluding hydrogens is 267 g/mol. The lowest BCUT2D eigenvalue weighted by Crippen LogP contribution is -1.76. The highest BCUT2D eigenvalue weighted by Gasteiger charge is 2.04. The topological polar surface area (TPSA) is 57.4 Å². The molecule has 5 heteroatoms. The standard InChI is InChI=1S/C16H11FN4/c17-12-4-1-10(2-5-12)3-6-16-19-14-7-11-9-18-21-13(11)8-15(14)20-16/h1-9,18,21H/b6-3+. The Morgan fingerprint density at radius 3 is 2.52 bits per heavy atom. The number of rotatable bonds is 2. The van der Waals surface area contributed by atoms with Crippen LogP contribution in [-0.2, 0) is 0 Å². The van der Waals surface area contributed by atoms with Gasteiger partial charge in [-0.2, -0.15) is 0 Å². The first kappa shape index (κ1) is 11.8. The molecule has 4 rings (SSSR count). The van der Waals surface area contributed by atoms with Gasteiger partial charge < -0.3 is 10.2 Å². The molecule has 0 unspecified atom stereocenters. The Kier molecular flexibility index (Phi) is 2.57. The van der Waals surface area contributed by atoms with Gasteiger partial charge in [0.15, 0.2) is 5.82 Å². The Bertz CT molecular complexity index is 899. The predicted molar refractivity (Wildman–Crippen MR) is 81.1 cm³/mol. The molecule has 2 N–H and O–H groups in total. The molecule has 0 amide bonds. The van der Waals surface area contributed by atoms with Gasteiger partial charge in [0, 0.05) is 11.6 Å². The molecule has 2 aromatic heterocycles. The number of nitrogens with one attached hydrogen (secondary N) is 2. The van der Waals surface area contributed by atoms with Crippen molar-refractivity contribution in [3.8, 4) is 0 Å². The van der Waals surface area contributed by atoms with Gasteiger partial charge in [-0.1, -0.05) is 18.2 Å². The Balaban J connectivity index is 1.71. The van der Waals surface area contributed by atoms with E-state index in [1.807, 2.05) is 30.5 Å². The second-order valence-electron chi connectivity index (χ2n) is 4.81. The number of fused-ring (bicyclic) bond motifs is 2. The third-order valence-corrected chi connectivity index (χ3v) is 3.35. The molecule has 2 heterocycles. The Morgan fingerprint density at radius 2 is 1.71 bits per heavy atom. The Labute approximate surface area is 119 Å². The third kappa shape index (κ3) is 2.18. The van der Waals surface area contributed by atoms with Crippen molar-refractivity contribution in [2.24, 2.45) is 0 Å². The number of hydrogen-bond donors (Lipinski definition) is 2. The quantitative estimate of drug-likeness (QED) is 0.586. The molecule has 0 spiro atoms. The monoisotopic (exact) mass is 278 g/mol. The number of H-pyrrole nitrogens is 2. The molecule has 0 saturated heterocycles. The van der Waals surface area contributed by atoms with Crippen LogP contribution in [0.1, 0.15) is 11.4 Å². The van der Waals surface area contributed by atoms with Crippen LogP contribution in [0.15, 0.2) is 42.6 Å². The summed E-state index contributed by atoms with van der Waals surface area (Å²) >= 11 is 0. The van der Waals surface area contributed by atoms with Crippen LogP contribution in [0.3, 0.4) is 0 Å². The Morgan fingerprint density at radius 1 is 0.952 bits per heavy atom. The van der Waals surface area contributed by atoms with E-state index in [0.29, 0.717) is 5.82 Å². The molecule has 0 bridgehead atoms. The van der Waals surface area contributed by atoms with Gasteiger partial charge in [0.05, 0.1) is 16.6 Å². The fourth-order valence-electron chi connectivity index (χ4n) is 2.28. The molecule has 0 aliphatic heterocycles. The predicted octanol–water partition coefficient (Wildman–Crippen LogP) is 3.75. The van der Waals surface area contributed by atoms with E-state index in [0.717, 1.165) is 27.5 Å². The SMILES string of the molecule is Fc1ccc(/C=C/c2nc3cc4c[nH][nH]c4cc3n2)cc1. The summed E-state index contributed by atoms with van der Waals surface area (Å²) in [6.07, 6.45) is 5.58. The highest BCUT2D eigenvalue weighted by Crippen LogP contribution is 2.20. The lowest BCUT2D eigenvalue weighted by atomic mass is 10.2. The van der Waals surface area contributed by atoms with Crippen LogP contribution in [0.4, 0.5) is 4.39 Å². The maximum Gasteiger partial charge on any atom is 0.153 e. The highest BCUT2D eigenvalue weighted by atomic mass is 19.1. The minimum atomic E-state index is -0.241. The average Bonchev–Trinajstić information content (AvgIpc) is 3.09. The summed E-state index contributed by atoms with van der Waals surface area (Å²) in [5.74, 6) is 0.403. The van der Waals surface area contributed by atoms with Crippen molar-refractivity contribution in [3.63, 3.8) is 0 Å². The van der Waals surface area contributed by atoms with Gasteiger partial charge in [0.25, 0.3) is 0 Å². The average molecular weight is 278 g/mol. The van der Waals surface area contributed by atoms with E-state index < -0.39 is 0 Å². The molecule has 21 heavy (non-hydrogen) atoms. The number of aromatic amines is 2. The zero-order valence-electron chi connectivity index (χ0n) is 11.0. The first-order chi connectivity index (χ1) is 10.3. The van der Waals surface area contributed by atoms with E-state index in [1.54, 1.807) is 12.1 Å². The molecular formula is C16H11FN4. The summed E-state index contributed by atoms with van der Waals surface area (Å²) in [6, 6.07) is 10.2. The summed E-state index contributed by atoms with van der Waals surface area (Å²) in [4.78, 5) is 8.94. The summed E-state index contributed by atoms with van der Waals surface area (Å²) in [5, 5.41) is 7.05. The van der Waals surface area contributed by atoms with Crippen molar-refractivity contribution >= 4 is 34.1 Å². The molecule has 2 aromatic carbocycles. The molecule has 4 aromatic rings. The lowest BCUT2D eigenvalue weighted by molar-refractivity contribution is 0.628.